The number of nitrogens with one attached hydrogen (secondary N) is 1. The number of hydrogen-bond donors (Lipinski definition) is 1. The smallest absolute Gasteiger partial charge is 0.341 e. The van der Waals surface area contributed by atoms with E-state index in [0.29, 0.717) is 15.7 Å². The Balaban J connectivity index is 1.56. The van der Waals surface area contributed by atoms with Crippen molar-refractivity contribution in [2.45, 2.75) is 38.1 Å². The SMILES string of the molecule is CCOC(=O)c1c(-c2ccccc2)csc1NC(=O)C(C)Sc1nnnn1-c1ccc(C)cc1C. The van der Waals surface area contributed by atoms with E-state index in [9.17, 15) is 9.59 Å². The molecule has 1 unspecified atom stereocenters. The highest BCUT2D eigenvalue weighted by atomic mass is 32.2. The molecule has 1 N–H and O–H groups in total. The van der Waals surface area contributed by atoms with Crippen LogP contribution < -0.4 is 5.32 Å². The molecule has 0 fully saturated rings. The van der Waals surface area contributed by atoms with Crippen molar-refractivity contribution in [3.05, 3.63) is 70.6 Å². The van der Waals surface area contributed by atoms with Crippen molar-refractivity contribution in [2.75, 3.05) is 11.9 Å². The molecule has 0 radical (unpaired) electrons. The van der Waals surface area contributed by atoms with Gasteiger partial charge in [0, 0.05) is 10.9 Å². The van der Waals surface area contributed by atoms with Crippen LogP contribution in [-0.2, 0) is 9.53 Å². The minimum Gasteiger partial charge on any atom is -0.462 e. The van der Waals surface area contributed by atoms with E-state index in [0.717, 1.165) is 27.9 Å². The number of aryl methyl sites for hydroxylation is 2. The van der Waals surface area contributed by atoms with Gasteiger partial charge in [-0.3, -0.25) is 4.79 Å². The Labute approximate surface area is 211 Å². The number of thioether (sulfide) groups is 1. The third kappa shape index (κ3) is 5.44. The normalized spacial score (nSPS) is 11.8. The second kappa shape index (κ2) is 10.8. The van der Waals surface area contributed by atoms with E-state index in [1.54, 1.807) is 18.5 Å². The third-order valence-electron chi connectivity index (χ3n) is 5.26. The number of aromatic nitrogens is 4. The highest BCUT2D eigenvalue weighted by Crippen LogP contribution is 2.37. The van der Waals surface area contributed by atoms with Crippen molar-refractivity contribution in [3.8, 4) is 16.8 Å². The number of hydrogen-bond acceptors (Lipinski definition) is 8. The number of esters is 1. The maximum atomic E-state index is 13.1. The number of carbonyl (C=O) groups is 2. The predicted octanol–water partition coefficient (Wildman–Crippen LogP) is 5.30. The zero-order valence-electron chi connectivity index (χ0n) is 19.8. The molecule has 10 heteroatoms. The quantitative estimate of drug-likeness (QED) is 0.255. The van der Waals surface area contributed by atoms with Gasteiger partial charge in [-0.25, -0.2) is 4.79 Å². The van der Waals surface area contributed by atoms with E-state index in [-0.39, 0.29) is 12.5 Å². The van der Waals surface area contributed by atoms with E-state index < -0.39 is 11.2 Å². The van der Waals surface area contributed by atoms with E-state index in [1.165, 1.54) is 23.1 Å². The standard InChI is InChI=1S/C25H25N5O3S2/c1-5-33-24(32)21-19(18-9-7-6-8-10-18)14-34-23(21)26-22(31)17(4)35-25-27-28-29-30(25)20-12-11-15(2)13-16(20)3/h6-14,17H,5H2,1-4H3,(H,26,31). The fourth-order valence-electron chi connectivity index (χ4n) is 3.56. The third-order valence-corrected chi connectivity index (χ3v) is 7.19. The molecule has 8 nitrogen and oxygen atoms in total. The number of carbonyl (C=O) groups excluding carboxylic acids is 2. The molecule has 35 heavy (non-hydrogen) atoms. The Morgan fingerprint density at radius 1 is 1.17 bits per heavy atom. The molecule has 0 aliphatic rings. The van der Waals surface area contributed by atoms with Gasteiger partial charge in [0.2, 0.25) is 11.1 Å². The summed E-state index contributed by atoms with van der Waals surface area (Å²) in [6, 6.07) is 15.6. The molecule has 2 aromatic heterocycles. The van der Waals surface area contributed by atoms with Crippen molar-refractivity contribution in [2.24, 2.45) is 0 Å². The Hall–Kier alpha value is -3.50. The summed E-state index contributed by atoms with van der Waals surface area (Å²) in [5.74, 6) is -0.737. The summed E-state index contributed by atoms with van der Waals surface area (Å²) in [5, 5.41) is 17.2. The Kier molecular flexibility index (Phi) is 7.62. The van der Waals surface area contributed by atoms with Crippen LogP contribution >= 0.6 is 23.1 Å². The zero-order valence-corrected chi connectivity index (χ0v) is 21.4. The average Bonchev–Trinajstić information content (AvgIpc) is 3.47. The maximum Gasteiger partial charge on any atom is 0.341 e. The van der Waals surface area contributed by atoms with E-state index >= 15 is 0 Å². The van der Waals surface area contributed by atoms with E-state index in [2.05, 4.69) is 26.9 Å². The summed E-state index contributed by atoms with van der Waals surface area (Å²) < 4.78 is 6.91. The van der Waals surface area contributed by atoms with Crippen molar-refractivity contribution in [3.63, 3.8) is 0 Å². The zero-order chi connectivity index (χ0) is 24.9. The predicted molar refractivity (Wildman–Crippen MR) is 138 cm³/mol. The highest BCUT2D eigenvalue weighted by molar-refractivity contribution is 8.00. The molecule has 1 amide bonds. The summed E-state index contributed by atoms with van der Waals surface area (Å²) in [5.41, 5.74) is 4.98. The van der Waals surface area contributed by atoms with Gasteiger partial charge in [0.05, 0.1) is 17.5 Å². The highest BCUT2D eigenvalue weighted by Gasteiger charge is 2.26. The molecule has 4 rings (SSSR count). The van der Waals surface area contributed by atoms with Crippen LogP contribution in [0.5, 0.6) is 0 Å². The van der Waals surface area contributed by atoms with Gasteiger partial charge in [-0.05, 0) is 55.3 Å². The minimum atomic E-state index is -0.525. The average molecular weight is 508 g/mol. The Bertz CT molecular complexity index is 1350. The summed E-state index contributed by atoms with van der Waals surface area (Å²) in [6.07, 6.45) is 0. The van der Waals surface area contributed by atoms with Crippen molar-refractivity contribution in [1.82, 2.24) is 20.2 Å². The molecule has 2 heterocycles. The first kappa shape index (κ1) is 24.6. The molecule has 0 spiro atoms. The molecule has 0 saturated heterocycles. The van der Waals surface area contributed by atoms with Crippen LogP contribution in [0.15, 0.2) is 59.1 Å². The lowest BCUT2D eigenvalue weighted by atomic mass is 10.0. The van der Waals surface area contributed by atoms with Crippen LogP contribution in [0.2, 0.25) is 0 Å². The van der Waals surface area contributed by atoms with Gasteiger partial charge in [0.1, 0.15) is 10.6 Å². The van der Waals surface area contributed by atoms with Crippen LogP contribution in [0.3, 0.4) is 0 Å². The lowest BCUT2D eigenvalue weighted by molar-refractivity contribution is -0.115. The molecule has 180 valence electrons. The fourth-order valence-corrected chi connectivity index (χ4v) is 5.32. The lowest BCUT2D eigenvalue weighted by Crippen LogP contribution is -2.23. The van der Waals surface area contributed by atoms with Crippen LogP contribution in [0.25, 0.3) is 16.8 Å². The molecule has 0 aliphatic heterocycles. The molecular weight excluding hydrogens is 482 g/mol. The first-order chi connectivity index (χ1) is 16.9. The van der Waals surface area contributed by atoms with Gasteiger partial charge >= 0.3 is 5.97 Å². The topological polar surface area (TPSA) is 99.0 Å². The van der Waals surface area contributed by atoms with Gasteiger partial charge in [-0.1, -0.05) is 59.8 Å². The number of tetrazole rings is 1. The number of ether oxygens (including phenoxy) is 1. The van der Waals surface area contributed by atoms with Crippen LogP contribution in [0.1, 0.15) is 35.3 Å². The molecule has 1 atom stereocenters. The van der Waals surface area contributed by atoms with Gasteiger partial charge in [0.15, 0.2) is 0 Å². The summed E-state index contributed by atoms with van der Waals surface area (Å²) in [6.45, 7) is 7.78. The monoisotopic (exact) mass is 507 g/mol. The maximum absolute atomic E-state index is 13.1. The van der Waals surface area contributed by atoms with Gasteiger partial charge in [-0.15, -0.1) is 16.4 Å². The minimum absolute atomic E-state index is 0.240. The largest absolute Gasteiger partial charge is 0.462 e. The van der Waals surface area contributed by atoms with E-state index in [1.807, 2.05) is 61.7 Å². The second-order valence-electron chi connectivity index (χ2n) is 7.85. The fraction of sp³-hybridized carbons (Fsp3) is 0.240. The number of rotatable bonds is 8. The molecule has 2 aromatic carbocycles. The summed E-state index contributed by atoms with van der Waals surface area (Å²) >= 11 is 2.54. The van der Waals surface area contributed by atoms with Crippen molar-refractivity contribution < 1.29 is 14.3 Å². The van der Waals surface area contributed by atoms with Gasteiger partial charge in [-0.2, -0.15) is 4.68 Å². The van der Waals surface area contributed by atoms with Crippen LogP contribution in [0, 0.1) is 13.8 Å². The summed E-state index contributed by atoms with van der Waals surface area (Å²) in [4.78, 5) is 25.9. The van der Waals surface area contributed by atoms with Crippen LogP contribution in [-0.4, -0.2) is 43.9 Å². The number of thiophene rings is 1. The Morgan fingerprint density at radius 2 is 1.94 bits per heavy atom. The van der Waals surface area contributed by atoms with Crippen molar-refractivity contribution >= 4 is 40.0 Å². The molecule has 0 aliphatic carbocycles. The van der Waals surface area contributed by atoms with Gasteiger partial charge in [0.25, 0.3) is 0 Å². The van der Waals surface area contributed by atoms with E-state index in [4.69, 9.17) is 4.74 Å². The number of amides is 1. The molecular formula is C25H25N5O3S2. The van der Waals surface area contributed by atoms with Gasteiger partial charge < -0.3 is 10.1 Å². The van der Waals surface area contributed by atoms with Crippen molar-refractivity contribution in [1.29, 1.82) is 0 Å². The molecule has 4 aromatic rings. The summed E-state index contributed by atoms with van der Waals surface area (Å²) in [7, 11) is 0. The number of nitrogens with zero attached hydrogens (tertiary/aromatic N) is 4. The molecule has 0 saturated carbocycles. The van der Waals surface area contributed by atoms with Crippen LogP contribution in [0.4, 0.5) is 5.00 Å². The second-order valence-corrected chi connectivity index (χ2v) is 10.0. The lowest BCUT2D eigenvalue weighted by Gasteiger charge is -2.13. The number of anilines is 1. The molecule has 0 bridgehead atoms. The number of benzene rings is 2. The first-order valence-electron chi connectivity index (χ1n) is 11.1. The Morgan fingerprint density at radius 3 is 2.66 bits per heavy atom. The first-order valence-corrected chi connectivity index (χ1v) is 12.8.